The third kappa shape index (κ3) is 2.19. The van der Waals surface area contributed by atoms with E-state index in [1.54, 1.807) is 16.7 Å². The first-order valence-electron chi connectivity index (χ1n) is 6.69. The molecule has 0 bridgehead atoms. The molecule has 0 saturated carbocycles. The Morgan fingerprint density at radius 1 is 1.38 bits per heavy atom. The van der Waals surface area contributed by atoms with Crippen LogP contribution in [0.4, 0.5) is 13.2 Å². The number of benzene rings is 1. The molecule has 0 unspecified atom stereocenters. The summed E-state index contributed by atoms with van der Waals surface area (Å²) in [4.78, 5) is 0. The van der Waals surface area contributed by atoms with E-state index in [0.717, 1.165) is 6.07 Å². The molecule has 2 aromatic rings. The zero-order chi connectivity index (χ0) is 15.2. The second-order valence-corrected chi connectivity index (χ2v) is 5.16. The highest BCUT2D eigenvalue weighted by Gasteiger charge is 2.36. The van der Waals surface area contributed by atoms with Gasteiger partial charge in [0.05, 0.1) is 10.9 Å². The van der Waals surface area contributed by atoms with Crippen LogP contribution in [-0.4, -0.2) is 16.2 Å². The summed E-state index contributed by atoms with van der Waals surface area (Å²) in [5, 5.41) is 13.7. The van der Waals surface area contributed by atoms with E-state index in [-0.39, 0.29) is 11.3 Å². The summed E-state index contributed by atoms with van der Waals surface area (Å²) in [5.74, 6) is -0.293. The molecule has 3 rings (SSSR count). The molecule has 112 valence electrons. The standard InChI is InChI=1S/C15H15F3N2O/c1-2-3-9-6-10-12-8-19-4-5-20(12)14(21)13(10)11(7-9)15(16,17)18/h2,6-7,19,21H,1,3-5,8H2. The number of fused-ring (bicyclic) bond motifs is 3. The Kier molecular flexibility index (Phi) is 3.20. The quantitative estimate of drug-likeness (QED) is 0.835. The van der Waals surface area contributed by atoms with Gasteiger partial charge < -0.3 is 15.0 Å². The van der Waals surface area contributed by atoms with Crippen LogP contribution in [0.25, 0.3) is 10.8 Å². The van der Waals surface area contributed by atoms with Gasteiger partial charge in [0.25, 0.3) is 0 Å². The minimum atomic E-state index is -4.50. The molecule has 0 fully saturated rings. The minimum Gasteiger partial charge on any atom is -0.494 e. The van der Waals surface area contributed by atoms with Gasteiger partial charge in [-0.1, -0.05) is 6.08 Å². The molecule has 1 aliphatic rings. The molecular formula is C15H15F3N2O. The highest BCUT2D eigenvalue weighted by molar-refractivity contribution is 5.95. The molecule has 0 amide bonds. The number of aromatic hydroxyl groups is 1. The molecule has 1 aliphatic heterocycles. The number of nitrogens with zero attached hydrogens (tertiary/aromatic N) is 1. The van der Waals surface area contributed by atoms with Gasteiger partial charge in [-0.3, -0.25) is 0 Å². The van der Waals surface area contributed by atoms with Crippen molar-refractivity contribution in [3.05, 3.63) is 41.6 Å². The molecule has 1 aromatic carbocycles. The molecule has 0 saturated heterocycles. The molecule has 21 heavy (non-hydrogen) atoms. The summed E-state index contributed by atoms with van der Waals surface area (Å²) in [7, 11) is 0. The van der Waals surface area contributed by atoms with Crippen LogP contribution in [0.15, 0.2) is 24.8 Å². The first kappa shape index (κ1) is 14.0. The molecule has 0 atom stereocenters. The zero-order valence-electron chi connectivity index (χ0n) is 11.3. The van der Waals surface area contributed by atoms with Crippen molar-refractivity contribution in [1.29, 1.82) is 0 Å². The third-order valence-electron chi connectivity index (χ3n) is 3.80. The lowest BCUT2D eigenvalue weighted by atomic mass is 10.0. The van der Waals surface area contributed by atoms with Gasteiger partial charge in [-0.2, -0.15) is 13.2 Å². The first-order valence-corrected chi connectivity index (χ1v) is 6.69. The summed E-state index contributed by atoms with van der Waals surface area (Å²) < 4.78 is 41.5. The topological polar surface area (TPSA) is 37.2 Å². The molecule has 0 aliphatic carbocycles. The number of halogens is 3. The fourth-order valence-electron chi connectivity index (χ4n) is 2.92. The molecule has 0 radical (unpaired) electrons. The van der Waals surface area contributed by atoms with Gasteiger partial charge in [0.2, 0.25) is 0 Å². The van der Waals surface area contributed by atoms with Crippen molar-refractivity contribution in [3.63, 3.8) is 0 Å². The van der Waals surface area contributed by atoms with E-state index in [4.69, 9.17) is 0 Å². The van der Waals surface area contributed by atoms with E-state index < -0.39 is 11.7 Å². The lowest BCUT2D eigenvalue weighted by molar-refractivity contribution is -0.136. The first-order chi connectivity index (χ1) is 9.93. The Hall–Kier alpha value is -1.95. The average molecular weight is 296 g/mol. The second kappa shape index (κ2) is 4.80. The van der Waals surface area contributed by atoms with Crippen LogP contribution < -0.4 is 5.32 Å². The normalized spacial score (nSPS) is 15.2. The van der Waals surface area contributed by atoms with Crippen LogP contribution in [0.5, 0.6) is 5.88 Å². The van der Waals surface area contributed by atoms with E-state index in [1.807, 2.05) is 0 Å². The van der Waals surface area contributed by atoms with Crippen LogP contribution in [0.2, 0.25) is 0 Å². The SMILES string of the molecule is C=CCc1cc(C(F)(F)F)c2c(O)n3c(c2c1)CNCC3. The Bertz CT molecular complexity index is 716. The van der Waals surface area contributed by atoms with Gasteiger partial charge >= 0.3 is 6.18 Å². The fourth-order valence-corrected chi connectivity index (χ4v) is 2.92. The maximum Gasteiger partial charge on any atom is 0.417 e. The summed E-state index contributed by atoms with van der Waals surface area (Å²) in [6.07, 6.45) is -2.57. The molecule has 1 aromatic heterocycles. The molecule has 0 spiro atoms. The van der Waals surface area contributed by atoms with E-state index >= 15 is 0 Å². The average Bonchev–Trinajstić information content (AvgIpc) is 2.72. The van der Waals surface area contributed by atoms with E-state index in [1.165, 1.54) is 0 Å². The van der Waals surface area contributed by atoms with Crippen LogP contribution in [0.3, 0.4) is 0 Å². The summed E-state index contributed by atoms with van der Waals surface area (Å²) in [6.45, 7) is 5.11. The largest absolute Gasteiger partial charge is 0.494 e. The van der Waals surface area contributed by atoms with Crippen molar-refractivity contribution < 1.29 is 18.3 Å². The summed E-state index contributed by atoms with van der Waals surface area (Å²) in [6, 6.07) is 2.81. The van der Waals surface area contributed by atoms with E-state index in [2.05, 4.69) is 11.9 Å². The number of hydrogen-bond donors (Lipinski definition) is 2. The molecular weight excluding hydrogens is 281 g/mol. The predicted octanol–water partition coefficient (Wildman–Crippen LogP) is 3.20. The van der Waals surface area contributed by atoms with Gasteiger partial charge in [0, 0.05) is 30.7 Å². The fraction of sp³-hybridized carbons (Fsp3) is 0.333. The van der Waals surface area contributed by atoms with Crippen molar-refractivity contribution >= 4 is 10.8 Å². The lowest BCUT2D eigenvalue weighted by Gasteiger charge is -2.17. The number of rotatable bonds is 2. The number of hydrogen-bond acceptors (Lipinski definition) is 2. The van der Waals surface area contributed by atoms with Crippen LogP contribution in [0, 0.1) is 0 Å². The Morgan fingerprint density at radius 3 is 2.81 bits per heavy atom. The monoisotopic (exact) mass is 296 g/mol. The van der Waals surface area contributed by atoms with Crippen molar-refractivity contribution in [2.45, 2.75) is 25.7 Å². The zero-order valence-corrected chi connectivity index (χ0v) is 11.3. The molecule has 6 heteroatoms. The second-order valence-electron chi connectivity index (χ2n) is 5.16. The molecule has 2 N–H and O–H groups in total. The van der Waals surface area contributed by atoms with E-state index in [9.17, 15) is 18.3 Å². The molecule has 2 heterocycles. The summed E-state index contributed by atoms with van der Waals surface area (Å²) >= 11 is 0. The van der Waals surface area contributed by atoms with Gasteiger partial charge in [-0.05, 0) is 24.1 Å². The highest BCUT2D eigenvalue weighted by Crippen LogP contribution is 2.43. The summed E-state index contributed by atoms with van der Waals surface area (Å²) in [5.41, 5.74) is 0.463. The van der Waals surface area contributed by atoms with Crippen molar-refractivity contribution in [3.8, 4) is 5.88 Å². The third-order valence-corrected chi connectivity index (χ3v) is 3.80. The highest BCUT2D eigenvalue weighted by atomic mass is 19.4. The van der Waals surface area contributed by atoms with Gasteiger partial charge in [0.1, 0.15) is 0 Å². The smallest absolute Gasteiger partial charge is 0.417 e. The molecule has 3 nitrogen and oxygen atoms in total. The van der Waals surface area contributed by atoms with Crippen LogP contribution in [0.1, 0.15) is 16.8 Å². The minimum absolute atomic E-state index is 0.103. The number of allylic oxidation sites excluding steroid dienone is 1. The Morgan fingerprint density at radius 2 is 2.14 bits per heavy atom. The van der Waals surface area contributed by atoms with Crippen LogP contribution in [-0.2, 0) is 25.7 Å². The number of alkyl halides is 3. The van der Waals surface area contributed by atoms with Gasteiger partial charge in [0.15, 0.2) is 5.88 Å². The Balaban J connectivity index is 2.38. The number of nitrogens with one attached hydrogen (secondary N) is 1. The Labute approximate surface area is 119 Å². The maximum atomic E-state index is 13.3. The van der Waals surface area contributed by atoms with Gasteiger partial charge in [-0.15, -0.1) is 6.58 Å². The van der Waals surface area contributed by atoms with Crippen molar-refractivity contribution in [2.24, 2.45) is 0 Å². The van der Waals surface area contributed by atoms with Crippen molar-refractivity contribution in [2.75, 3.05) is 6.54 Å². The predicted molar refractivity (Wildman–Crippen MR) is 74.2 cm³/mol. The maximum absolute atomic E-state index is 13.3. The lowest BCUT2D eigenvalue weighted by Crippen LogP contribution is -2.27. The van der Waals surface area contributed by atoms with Gasteiger partial charge in [-0.25, -0.2) is 0 Å². The van der Waals surface area contributed by atoms with Crippen LogP contribution >= 0.6 is 0 Å². The van der Waals surface area contributed by atoms with E-state index in [0.29, 0.717) is 42.7 Å². The number of aromatic nitrogens is 1. The van der Waals surface area contributed by atoms with Crippen molar-refractivity contribution in [1.82, 2.24) is 9.88 Å².